The van der Waals surface area contributed by atoms with Crippen LogP contribution < -0.4 is 5.32 Å². The van der Waals surface area contributed by atoms with E-state index in [-0.39, 0.29) is 6.03 Å². The van der Waals surface area contributed by atoms with Crippen molar-refractivity contribution in [3.05, 3.63) is 27.7 Å². The fourth-order valence-electron chi connectivity index (χ4n) is 2.16. The monoisotopic (exact) mass is 330 g/mol. The Morgan fingerprint density at radius 3 is 3.00 bits per heavy atom. The number of hydrogen-bond acceptors (Lipinski definition) is 1. The molecule has 1 saturated heterocycles. The molecule has 0 saturated carbocycles. The van der Waals surface area contributed by atoms with Crippen molar-refractivity contribution in [2.24, 2.45) is 5.92 Å². The zero-order chi connectivity index (χ0) is 13.1. The zero-order valence-corrected chi connectivity index (χ0v) is 12.6. The molecule has 1 aromatic rings. The Morgan fingerprint density at radius 2 is 2.33 bits per heavy atom. The molecule has 2 rings (SSSR count). The SMILES string of the molecule is C[C@H]1CCCN(C(=O)Nc2ccc(Br)cc2Cl)C1. The number of carbonyl (C=O) groups is 1. The molecule has 0 radical (unpaired) electrons. The van der Waals surface area contributed by atoms with Crippen LogP contribution in [-0.4, -0.2) is 24.0 Å². The van der Waals surface area contributed by atoms with E-state index >= 15 is 0 Å². The van der Waals surface area contributed by atoms with E-state index in [0.717, 1.165) is 24.0 Å². The van der Waals surface area contributed by atoms with Crippen LogP contribution in [0.25, 0.3) is 0 Å². The third kappa shape index (κ3) is 3.39. The fourth-order valence-corrected chi connectivity index (χ4v) is 2.88. The lowest BCUT2D eigenvalue weighted by Gasteiger charge is -2.31. The van der Waals surface area contributed by atoms with Crippen molar-refractivity contribution in [1.29, 1.82) is 0 Å². The second-order valence-electron chi connectivity index (χ2n) is 4.75. The predicted octanol–water partition coefficient (Wildman–Crippen LogP) is 4.37. The summed E-state index contributed by atoms with van der Waals surface area (Å²) in [7, 11) is 0. The van der Waals surface area contributed by atoms with Gasteiger partial charge in [-0.15, -0.1) is 0 Å². The summed E-state index contributed by atoms with van der Waals surface area (Å²) < 4.78 is 0.900. The number of nitrogens with zero attached hydrogens (tertiary/aromatic N) is 1. The van der Waals surface area contributed by atoms with Crippen LogP contribution in [0, 0.1) is 5.92 Å². The van der Waals surface area contributed by atoms with E-state index in [1.54, 1.807) is 12.1 Å². The number of likely N-dealkylation sites (tertiary alicyclic amines) is 1. The van der Waals surface area contributed by atoms with Gasteiger partial charge in [-0.25, -0.2) is 4.79 Å². The summed E-state index contributed by atoms with van der Waals surface area (Å²) in [6.07, 6.45) is 2.27. The lowest BCUT2D eigenvalue weighted by atomic mass is 10.0. The van der Waals surface area contributed by atoms with E-state index in [9.17, 15) is 4.79 Å². The number of carbonyl (C=O) groups excluding carboxylic acids is 1. The minimum Gasteiger partial charge on any atom is -0.324 e. The van der Waals surface area contributed by atoms with Gasteiger partial charge in [-0.3, -0.25) is 0 Å². The standard InChI is InChI=1S/C13H16BrClN2O/c1-9-3-2-6-17(8-9)13(18)16-12-5-4-10(14)7-11(12)15/h4-5,7,9H,2-3,6,8H2,1H3,(H,16,18)/t9-/m0/s1. The van der Waals surface area contributed by atoms with Crippen LogP contribution in [0.2, 0.25) is 5.02 Å². The fraction of sp³-hybridized carbons (Fsp3) is 0.462. The van der Waals surface area contributed by atoms with Gasteiger partial charge in [0.05, 0.1) is 10.7 Å². The van der Waals surface area contributed by atoms with E-state index in [1.165, 1.54) is 6.42 Å². The molecule has 1 aromatic carbocycles. The van der Waals surface area contributed by atoms with Crippen LogP contribution in [0.15, 0.2) is 22.7 Å². The highest BCUT2D eigenvalue weighted by molar-refractivity contribution is 9.10. The Balaban J connectivity index is 2.02. The summed E-state index contributed by atoms with van der Waals surface area (Å²) >= 11 is 9.42. The molecule has 18 heavy (non-hydrogen) atoms. The first-order chi connectivity index (χ1) is 8.56. The van der Waals surface area contributed by atoms with Crippen LogP contribution >= 0.6 is 27.5 Å². The second-order valence-corrected chi connectivity index (χ2v) is 6.07. The number of hydrogen-bond donors (Lipinski definition) is 1. The van der Waals surface area contributed by atoms with Crippen LogP contribution in [-0.2, 0) is 0 Å². The average Bonchev–Trinajstić information content (AvgIpc) is 2.32. The minimum absolute atomic E-state index is 0.0641. The Morgan fingerprint density at radius 1 is 1.56 bits per heavy atom. The summed E-state index contributed by atoms with van der Waals surface area (Å²) in [4.78, 5) is 13.9. The number of nitrogens with one attached hydrogen (secondary N) is 1. The first-order valence-corrected chi connectivity index (χ1v) is 7.24. The summed E-state index contributed by atoms with van der Waals surface area (Å²) in [6.45, 7) is 3.82. The summed E-state index contributed by atoms with van der Waals surface area (Å²) in [5, 5.41) is 3.41. The highest BCUT2D eigenvalue weighted by Gasteiger charge is 2.21. The molecule has 1 heterocycles. The molecule has 2 amide bonds. The van der Waals surface area contributed by atoms with Gasteiger partial charge in [0, 0.05) is 17.6 Å². The normalized spacial score (nSPS) is 19.7. The largest absolute Gasteiger partial charge is 0.324 e. The van der Waals surface area contributed by atoms with Crippen LogP contribution in [0.5, 0.6) is 0 Å². The smallest absolute Gasteiger partial charge is 0.321 e. The first-order valence-electron chi connectivity index (χ1n) is 6.07. The number of urea groups is 1. The molecule has 0 aliphatic carbocycles. The van der Waals surface area contributed by atoms with E-state index in [2.05, 4.69) is 28.2 Å². The van der Waals surface area contributed by atoms with Crippen LogP contribution in [0.1, 0.15) is 19.8 Å². The highest BCUT2D eigenvalue weighted by Crippen LogP contribution is 2.26. The topological polar surface area (TPSA) is 32.3 Å². The van der Waals surface area contributed by atoms with Gasteiger partial charge in [-0.05, 0) is 37.0 Å². The molecular formula is C13H16BrClN2O. The first kappa shape index (κ1) is 13.7. The van der Waals surface area contributed by atoms with Gasteiger partial charge in [-0.2, -0.15) is 0 Å². The maximum absolute atomic E-state index is 12.1. The minimum atomic E-state index is -0.0641. The predicted molar refractivity (Wildman–Crippen MR) is 78.1 cm³/mol. The Bertz CT molecular complexity index is 453. The van der Waals surface area contributed by atoms with Crippen molar-refractivity contribution in [3.63, 3.8) is 0 Å². The second kappa shape index (κ2) is 5.93. The number of amides is 2. The Hall–Kier alpha value is -0.740. The van der Waals surface area contributed by atoms with E-state index in [0.29, 0.717) is 16.6 Å². The molecule has 5 heteroatoms. The number of rotatable bonds is 1. The summed E-state index contributed by atoms with van der Waals surface area (Å²) in [6, 6.07) is 5.37. The van der Waals surface area contributed by atoms with Gasteiger partial charge in [0.25, 0.3) is 0 Å². The van der Waals surface area contributed by atoms with Crippen LogP contribution in [0.3, 0.4) is 0 Å². The van der Waals surface area contributed by atoms with Crippen molar-refractivity contribution in [2.45, 2.75) is 19.8 Å². The van der Waals surface area contributed by atoms with E-state index < -0.39 is 0 Å². The molecule has 1 N–H and O–H groups in total. The van der Waals surface area contributed by atoms with E-state index in [4.69, 9.17) is 11.6 Å². The van der Waals surface area contributed by atoms with Gasteiger partial charge >= 0.3 is 6.03 Å². The van der Waals surface area contributed by atoms with Gasteiger partial charge in [0.15, 0.2) is 0 Å². The van der Waals surface area contributed by atoms with Crippen LogP contribution in [0.4, 0.5) is 10.5 Å². The molecule has 1 fully saturated rings. The quantitative estimate of drug-likeness (QED) is 0.814. The number of piperidine rings is 1. The molecule has 1 aliphatic heterocycles. The maximum atomic E-state index is 12.1. The third-order valence-corrected chi connectivity index (χ3v) is 3.92. The molecule has 0 bridgehead atoms. The Kier molecular flexibility index (Phi) is 4.51. The summed E-state index contributed by atoms with van der Waals surface area (Å²) in [5.41, 5.74) is 0.656. The van der Waals surface area contributed by atoms with Crippen molar-refractivity contribution >= 4 is 39.2 Å². The molecule has 1 atom stereocenters. The van der Waals surface area contributed by atoms with Crippen molar-refractivity contribution < 1.29 is 4.79 Å². The van der Waals surface area contributed by atoms with Crippen molar-refractivity contribution in [1.82, 2.24) is 4.90 Å². The van der Waals surface area contributed by atoms with E-state index in [1.807, 2.05) is 11.0 Å². The van der Waals surface area contributed by atoms with Gasteiger partial charge in [0.1, 0.15) is 0 Å². The third-order valence-electron chi connectivity index (χ3n) is 3.12. The van der Waals surface area contributed by atoms with Crippen molar-refractivity contribution in [2.75, 3.05) is 18.4 Å². The lowest BCUT2D eigenvalue weighted by molar-refractivity contribution is 0.182. The molecular weight excluding hydrogens is 316 g/mol. The number of halogens is 2. The number of anilines is 1. The molecule has 0 spiro atoms. The molecule has 98 valence electrons. The average molecular weight is 332 g/mol. The zero-order valence-electron chi connectivity index (χ0n) is 10.2. The molecule has 0 unspecified atom stereocenters. The van der Waals surface area contributed by atoms with Crippen molar-refractivity contribution in [3.8, 4) is 0 Å². The molecule has 3 nitrogen and oxygen atoms in total. The van der Waals surface area contributed by atoms with Gasteiger partial charge < -0.3 is 10.2 Å². The number of benzene rings is 1. The maximum Gasteiger partial charge on any atom is 0.321 e. The van der Waals surface area contributed by atoms with Gasteiger partial charge in [0.2, 0.25) is 0 Å². The van der Waals surface area contributed by atoms with Gasteiger partial charge in [-0.1, -0.05) is 34.5 Å². The molecule has 1 aliphatic rings. The highest BCUT2D eigenvalue weighted by atomic mass is 79.9. The lowest BCUT2D eigenvalue weighted by Crippen LogP contribution is -2.41. The Labute approximate surface area is 121 Å². The molecule has 0 aromatic heterocycles. The summed E-state index contributed by atoms with van der Waals surface area (Å²) in [5.74, 6) is 0.574.